The first-order valence-corrected chi connectivity index (χ1v) is 7.43. The molecule has 1 aromatic carbocycles. The maximum absolute atomic E-state index is 12.2. The second-order valence-corrected chi connectivity index (χ2v) is 6.34. The Bertz CT molecular complexity index is 544. The molecule has 0 aliphatic carbocycles. The van der Waals surface area contributed by atoms with Crippen LogP contribution in [-0.4, -0.2) is 35.0 Å². The van der Waals surface area contributed by atoms with Crippen molar-refractivity contribution in [2.45, 2.75) is 20.3 Å². The molecule has 5 heteroatoms. The topological polar surface area (TPSA) is 57.6 Å². The van der Waals surface area contributed by atoms with E-state index in [4.69, 9.17) is 5.11 Å². The van der Waals surface area contributed by atoms with Crippen LogP contribution in [0.25, 0.3) is 0 Å². The number of aryl methyl sites for hydroxylation is 1. The maximum Gasteiger partial charge on any atom is 0.308 e. The molecule has 0 aromatic heterocycles. The molecule has 2 rings (SSSR count). The molecule has 1 aliphatic rings. The number of rotatable bonds is 3. The summed E-state index contributed by atoms with van der Waals surface area (Å²) in [6.07, 6.45) is 0.317. The Morgan fingerprint density at radius 1 is 1.40 bits per heavy atom. The largest absolute Gasteiger partial charge is 0.481 e. The van der Waals surface area contributed by atoms with Gasteiger partial charge in [-0.2, -0.15) is 0 Å². The summed E-state index contributed by atoms with van der Waals surface area (Å²) in [5.41, 5.74) is 2.07. The first-order chi connectivity index (χ1) is 9.38. The molecular formula is C15H18BrNO3. The number of aliphatic carboxylic acids is 1. The fourth-order valence-corrected chi connectivity index (χ4v) is 2.95. The summed E-state index contributed by atoms with van der Waals surface area (Å²) < 4.78 is 0.987. The van der Waals surface area contributed by atoms with E-state index in [1.165, 1.54) is 0 Å². The number of carboxylic acids is 1. The zero-order chi connectivity index (χ0) is 14.9. The highest BCUT2D eigenvalue weighted by Gasteiger charge is 2.36. The lowest BCUT2D eigenvalue weighted by molar-refractivity contribution is -0.142. The highest BCUT2D eigenvalue weighted by molar-refractivity contribution is 9.10. The van der Waals surface area contributed by atoms with E-state index in [2.05, 4.69) is 15.9 Å². The van der Waals surface area contributed by atoms with E-state index in [0.29, 0.717) is 19.5 Å². The lowest BCUT2D eigenvalue weighted by Gasteiger charge is -2.16. The average Bonchev–Trinajstić information content (AvgIpc) is 2.76. The van der Waals surface area contributed by atoms with Gasteiger partial charge in [0, 0.05) is 17.6 Å². The first kappa shape index (κ1) is 15.0. The quantitative estimate of drug-likeness (QED) is 0.920. The molecule has 0 saturated carbocycles. The molecule has 1 aliphatic heterocycles. The molecule has 0 unspecified atom stereocenters. The minimum atomic E-state index is -0.814. The normalized spacial score (nSPS) is 22.1. The molecular weight excluding hydrogens is 322 g/mol. The second kappa shape index (κ2) is 5.95. The SMILES string of the molecule is Cc1ccc(CC(=O)N2C[C@@H](C)[C@H](C(=O)O)C2)cc1Br. The zero-order valence-corrected chi connectivity index (χ0v) is 13.2. The highest BCUT2D eigenvalue weighted by Crippen LogP contribution is 2.24. The van der Waals surface area contributed by atoms with E-state index >= 15 is 0 Å². The lowest BCUT2D eigenvalue weighted by Crippen LogP contribution is -2.31. The van der Waals surface area contributed by atoms with Gasteiger partial charge in [0.1, 0.15) is 0 Å². The number of benzene rings is 1. The van der Waals surface area contributed by atoms with Gasteiger partial charge in [-0.1, -0.05) is 35.0 Å². The standard InChI is InChI=1S/C15H18BrNO3/c1-9-3-4-11(5-13(9)16)6-14(18)17-7-10(2)12(8-17)15(19)20/h3-5,10,12H,6-8H2,1-2H3,(H,19,20)/t10-,12-/m1/s1. The molecule has 0 bridgehead atoms. The van der Waals surface area contributed by atoms with Crippen LogP contribution in [0.3, 0.4) is 0 Å². The van der Waals surface area contributed by atoms with Crippen LogP contribution in [0.2, 0.25) is 0 Å². The molecule has 20 heavy (non-hydrogen) atoms. The summed E-state index contributed by atoms with van der Waals surface area (Å²) >= 11 is 3.46. The van der Waals surface area contributed by atoms with Crippen LogP contribution in [0.1, 0.15) is 18.1 Å². The third-order valence-corrected chi connectivity index (χ3v) is 4.73. The van der Waals surface area contributed by atoms with Crippen molar-refractivity contribution in [3.8, 4) is 0 Å². The van der Waals surface area contributed by atoms with E-state index in [-0.39, 0.29) is 11.8 Å². The highest BCUT2D eigenvalue weighted by atomic mass is 79.9. The van der Waals surface area contributed by atoms with Crippen LogP contribution in [0.5, 0.6) is 0 Å². The fourth-order valence-electron chi connectivity index (χ4n) is 2.52. The summed E-state index contributed by atoms with van der Waals surface area (Å²) in [7, 11) is 0. The molecule has 1 fully saturated rings. The van der Waals surface area contributed by atoms with Crippen molar-refractivity contribution < 1.29 is 14.7 Å². The van der Waals surface area contributed by atoms with Gasteiger partial charge in [-0.15, -0.1) is 0 Å². The van der Waals surface area contributed by atoms with Gasteiger partial charge < -0.3 is 10.0 Å². The van der Waals surface area contributed by atoms with Crippen molar-refractivity contribution >= 4 is 27.8 Å². The molecule has 1 aromatic rings. The Balaban J connectivity index is 2.02. The van der Waals surface area contributed by atoms with Gasteiger partial charge >= 0.3 is 5.97 Å². The smallest absolute Gasteiger partial charge is 0.308 e. The van der Waals surface area contributed by atoms with Gasteiger partial charge in [-0.3, -0.25) is 9.59 Å². The third kappa shape index (κ3) is 3.20. The zero-order valence-electron chi connectivity index (χ0n) is 11.6. The second-order valence-electron chi connectivity index (χ2n) is 5.48. The van der Waals surface area contributed by atoms with Gasteiger partial charge in [0.2, 0.25) is 5.91 Å². The number of halogens is 1. The van der Waals surface area contributed by atoms with Crippen molar-refractivity contribution in [3.63, 3.8) is 0 Å². The van der Waals surface area contributed by atoms with Crippen molar-refractivity contribution in [2.75, 3.05) is 13.1 Å². The van der Waals surface area contributed by atoms with E-state index in [1.54, 1.807) is 4.90 Å². The Hall–Kier alpha value is -1.36. The minimum absolute atomic E-state index is 0.00338. The molecule has 0 spiro atoms. The van der Waals surface area contributed by atoms with Crippen molar-refractivity contribution in [3.05, 3.63) is 33.8 Å². The summed E-state index contributed by atoms with van der Waals surface area (Å²) in [6.45, 7) is 4.73. The van der Waals surface area contributed by atoms with E-state index in [0.717, 1.165) is 15.6 Å². The van der Waals surface area contributed by atoms with Gasteiger partial charge in [-0.25, -0.2) is 0 Å². The van der Waals surface area contributed by atoms with Crippen LogP contribution in [0, 0.1) is 18.8 Å². The molecule has 2 atom stereocenters. The third-order valence-electron chi connectivity index (χ3n) is 3.87. The van der Waals surface area contributed by atoms with Gasteiger partial charge in [0.05, 0.1) is 12.3 Å². The Morgan fingerprint density at radius 3 is 2.65 bits per heavy atom. The van der Waals surface area contributed by atoms with Crippen molar-refractivity contribution in [1.82, 2.24) is 4.90 Å². The van der Waals surface area contributed by atoms with E-state index < -0.39 is 11.9 Å². The Kier molecular flexibility index (Phi) is 4.48. The number of likely N-dealkylation sites (tertiary alicyclic amines) is 1. The lowest BCUT2D eigenvalue weighted by atomic mass is 9.99. The number of hydrogen-bond acceptors (Lipinski definition) is 2. The van der Waals surface area contributed by atoms with Crippen LogP contribution in [-0.2, 0) is 16.0 Å². The summed E-state index contributed by atoms with van der Waals surface area (Å²) in [4.78, 5) is 25.0. The molecule has 0 radical (unpaired) electrons. The Labute approximate surface area is 126 Å². The van der Waals surface area contributed by atoms with Crippen LogP contribution < -0.4 is 0 Å². The van der Waals surface area contributed by atoms with Crippen molar-refractivity contribution in [1.29, 1.82) is 0 Å². The number of carbonyl (C=O) groups is 2. The molecule has 1 N–H and O–H groups in total. The van der Waals surface area contributed by atoms with Gasteiger partial charge in [0.15, 0.2) is 0 Å². The van der Waals surface area contributed by atoms with Gasteiger partial charge in [0.25, 0.3) is 0 Å². The minimum Gasteiger partial charge on any atom is -0.481 e. The number of carboxylic acid groups (broad SMARTS) is 1. The maximum atomic E-state index is 12.2. The molecule has 4 nitrogen and oxygen atoms in total. The number of hydrogen-bond donors (Lipinski definition) is 1. The summed E-state index contributed by atoms with van der Waals surface area (Å²) in [6, 6.07) is 5.85. The fraction of sp³-hybridized carbons (Fsp3) is 0.467. The number of amides is 1. The average molecular weight is 340 g/mol. The van der Waals surface area contributed by atoms with E-state index in [9.17, 15) is 9.59 Å². The first-order valence-electron chi connectivity index (χ1n) is 6.64. The van der Waals surface area contributed by atoms with Crippen LogP contribution in [0.15, 0.2) is 22.7 Å². The number of carbonyl (C=O) groups excluding carboxylic acids is 1. The van der Waals surface area contributed by atoms with Crippen LogP contribution in [0.4, 0.5) is 0 Å². The summed E-state index contributed by atoms with van der Waals surface area (Å²) in [5, 5.41) is 9.10. The monoisotopic (exact) mass is 339 g/mol. The predicted molar refractivity (Wildman–Crippen MR) is 79.5 cm³/mol. The molecule has 108 valence electrons. The molecule has 1 saturated heterocycles. The predicted octanol–water partition coefficient (Wildman–Crippen LogP) is 2.48. The van der Waals surface area contributed by atoms with Gasteiger partial charge in [-0.05, 0) is 30.0 Å². The van der Waals surface area contributed by atoms with Crippen LogP contribution >= 0.6 is 15.9 Å². The Morgan fingerprint density at radius 2 is 2.10 bits per heavy atom. The molecule has 1 amide bonds. The van der Waals surface area contributed by atoms with E-state index in [1.807, 2.05) is 32.0 Å². The summed E-state index contributed by atoms with van der Waals surface area (Å²) in [5.74, 6) is -1.24. The van der Waals surface area contributed by atoms with Crippen molar-refractivity contribution in [2.24, 2.45) is 11.8 Å². The molecule has 1 heterocycles. The number of nitrogens with zero attached hydrogens (tertiary/aromatic N) is 1.